The summed E-state index contributed by atoms with van der Waals surface area (Å²) in [5.41, 5.74) is 4.71. The van der Waals surface area contributed by atoms with Gasteiger partial charge in [-0.3, -0.25) is 25.2 Å². The van der Waals surface area contributed by atoms with Gasteiger partial charge in [-0.15, -0.1) is 0 Å². The van der Waals surface area contributed by atoms with Crippen molar-refractivity contribution >= 4 is 44.4 Å². The second kappa shape index (κ2) is 9.22. The minimum Gasteiger partial charge on any atom is -0.483 e. The summed E-state index contributed by atoms with van der Waals surface area (Å²) in [6.45, 7) is 0.309. The minimum atomic E-state index is -0.543. The summed E-state index contributed by atoms with van der Waals surface area (Å²) in [7, 11) is 0. The van der Waals surface area contributed by atoms with Crippen LogP contribution in [0.3, 0.4) is 0 Å². The number of amides is 3. The van der Waals surface area contributed by atoms with E-state index in [1.54, 1.807) is 23.1 Å². The third kappa shape index (κ3) is 4.88. The van der Waals surface area contributed by atoms with Crippen molar-refractivity contribution in [2.45, 2.75) is 13.0 Å². The summed E-state index contributed by atoms with van der Waals surface area (Å²) in [5.74, 6) is -0.429. The first-order valence-corrected chi connectivity index (χ1v) is 10.5. The van der Waals surface area contributed by atoms with Gasteiger partial charge in [0.15, 0.2) is 6.61 Å². The lowest BCUT2D eigenvalue weighted by Gasteiger charge is -2.15. The van der Waals surface area contributed by atoms with E-state index in [0.29, 0.717) is 18.1 Å². The second-order valence-electron chi connectivity index (χ2n) is 7.18. The fourth-order valence-corrected chi connectivity index (χ4v) is 4.04. The summed E-state index contributed by atoms with van der Waals surface area (Å²) in [5, 5.41) is 2.02. The Hall–Kier alpha value is -3.33. The third-order valence-electron chi connectivity index (χ3n) is 5.02. The number of fused-ring (bicyclic) bond motifs is 1. The van der Waals surface area contributed by atoms with Crippen LogP contribution < -0.4 is 15.6 Å². The summed E-state index contributed by atoms with van der Waals surface area (Å²) in [4.78, 5) is 38.1. The van der Waals surface area contributed by atoms with E-state index in [2.05, 4.69) is 26.8 Å². The number of benzene rings is 2. The number of hydrogen-bond donors (Lipinski definition) is 2. The van der Waals surface area contributed by atoms with Crippen LogP contribution in [0.2, 0.25) is 0 Å². The van der Waals surface area contributed by atoms with Crippen LogP contribution >= 0.6 is 15.9 Å². The predicted molar refractivity (Wildman–Crippen MR) is 116 cm³/mol. The molecule has 3 amide bonds. The highest BCUT2D eigenvalue weighted by Crippen LogP contribution is 2.32. The lowest BCUT2D eigenvalue weighted by Crippen LogP contribution is -2.46. The first-order valence-electron chi connectivity index (χ1n) is 9.70. The van der Waals surface area contributed by atoms with Gasteiger partial charge < -0.3 is 14.1 Å². The number of carbonyl (C=O) groups is 3. The lowest BCUT2D eigenvalue weighted by atomic mass is 10.1. The lowest BCUT2D eigenvalue weighted by molar-refractivity contribution is -0.132. The smallest absolute Gasteiger partial charge is 0.276 e. The van der Waals surface area contributed by atoms with E-state index in [9.17, 15) is 14.4 Å². The molecule has 160 valence electrons. The highest BCUT2D eigenvalue weighted by atomic mass is 79.9. The SMILES string of the molecule is O=C(COc1ccc2ccccc2c1Br)NNC(=O)C1CC(=O)N(Cc2ccco2)C1. The Morgan fingerprint density at radius 3 is 2.77 bits per heavy atom. The molecule has 1 aromatic heterocycles. The van der Waals surface area contributed by atoms with E-state index >= 15 is 0 Å². The van der Waals surface area contributed by atoms with Gasteiger partial charge in [0.1, 0.15) is 11.5 Å². The van der Waals surface area contributed by atoms with E-state index in [1.165, 1.54) is 6.26 Å². The number of carbonyl (C=O) groups excluding carboxylic acids is 3. The molecule has 2 heterocycles. The molecular weight excluding hydrogens is 466 g/mol. The van der Waals surface area contributed by atoms with Crippen LogP contribution in [0.4, 0.5) is 0 Å². The molecule has 0 saturated carbocycles. The zero-order valence-electron chi connectivity index (χ0n) is 16.5. The molecular formula is C22H20BrN3O5. The maximum absolute atomic E-state index is 12.3. The Morgan fingerprint density at radius 2 is 1.97 bits per heavy atom. The van der Waals surface area contributed by atoms with Crippen LogP contribution in [0.25, 0.3) is 10.8 Å². The number of hydrogen-bond acceptors (Lipinski definition) is 5. The van der Waals surface area contributed by atoms with Crippen LogP contribution in [-0.2, 0) is 20.9 Å². The van der Waals surface area contributed by atoms with Crippen LogP contribution in [-0.4, -0.2) is 35.8 Å². The average Bonchev–Trinajstić information content (AvgIpc) is 3.42. The maximum atomic E-state index is 12.3. The molecule has 1 unspecified atom stereocenters. The van der Waals surface area contributed by atoms with Gasteiger partial charge in [0.2, 0.25) is 11.8 Å². The van der Waals surface area contributed by atoms with Crippen molar-refractivity contribution < 1.29 is 23.5 Å². The van der Waals surface area contributed by atoms with Crippen molar-refractivity contribution in [1.29, 1.82) is 0 Å². The van der Waals surface area contributed by atoms with Gasteiger partial charge in [-0.1, -0.05) is 30.3 Å². The van der Waals surface area contributed by atoms with Gasteiger partial charge in [-0.05, 0) is 44.9 Å². The highest BCUT2D eigenvalue weighted by molar-refractivity contribution is 9.10. The van der Waals surface area contributed by atoms with Gasteiger partial charge in [-0.2, -0.15) is 0 Å². The molecule has 0 aliphatic carbocycles. The van der Waals surface area contributed by atoms with Gasteiger partial charge in [0, 0.05) is 13.0 Å². The third-order valence-corrected chi connectivity index (χ3v) is 5.84. The molecule has 9 heteroatoms. The molecule has 3 aromatic rings. The van der Waals surface area contributed by atoms with Crippen LogP contribution in [0.5, 0.6) is 5.75 Å². The largest absolute Gasteiger partial charge is 0.483 e. The Kier molecular flexibility index (Phi) is 6.22. The monoisotopic (exact) mass is 485 g/mol. The number of furan rings is 1. The number of ether oxygens (including phenoxy) is 1. The van der Waals surface area contributed by atoms with Gasteiger partial charge in [0.05, 0.1) is 23.2 Å². The molecule has 31 heavy (non-hydrogen) atoms. The van der Waals surface area contributed by atoms with E-state index in [4.69, 9.17) is 9.15 Å². The maximum Gasteiger partial charge on any atom is 0.276 e. The average molecular weight is 486 g/mol. The van der Waals surface area contributed by atoms with Crippen molar-refractivity contribution in [2.75, 3.05) is 13.2 Å². The second-order valence-corrected chi connectivity index (χ2v) is 7.97. The fraction of sp³-hybridized carbons (Fsp3) is 0.227. The molecule has 0 radical (unpaired) electrons. The number of rotatable bonds is 6. The zero-order valence-corrected chi connectivity index (χ0v) is 18.1. The van der Waals surface area contributed by atoms with Crippen molar-refractivity contribution in [3.63, 3.8) is 0 Å². The van der Waals surface area contributed by atoms with Crippen molar-refractivity contribution in [2.24, 2.45) is 5.92 Å². The minimum absolute atomic E-state index is 0.0863. The molecule has 1 fully saturated rings. The first kappa shape index (κ1) is 20.9. The van der Waals surface area contributed by atoms with Crippen molar-refractivity contribution in [1.82, 2.24) is 15.8 Å². The normalized spacial score (nSPS) is 15.8. The van der Waals surface area contributed by atoms with Crippen LogP contribution in [0, 0.1) is 5.92 Å². The van der Waals surface area contributed by atoms with Crippen LogP contribution in [0.15, 0.2) is 63.7 Å². The Bertz CT molecular complexity index is 1120. The summed E-state index contributed by atoms with van der Waals surface area (Å²) in [6, 6.07) is 15.0. The van der Waals surface area contributed by atoms with E-state index in [1.807, 2.05) is 30.3 Å². The molecule has 2 N–H and O–H groups in total. The standard InChI is InChI=1S/C22H20BrN3O5/c23-21-17-6-2-1-4-14(17)7-8-18(21)31-13-19(27)24-25-22(29)15-10-20(28)26(11-15)12-16-5-3-9-30-16/h1-9,15H,10-13H2,(H,24,27)(H,25,29). The molecule has 1 aliphatic rings. The van der Waals surface area contributed by atoms with Crippen molar-refractivity contribution in [3.05, 3.63) is 65.0 Å². The molecule has 0 bridgehead atoms. The fourth-order valence-electron chi connectivity index (χ4n) is 3.43. The van der Waals surface area contributed by atoms with E-state index in [-0.39, 0.29) is 25.5 Å². The predicted octanol–water partition coefficient (Wildman–Crippen LogP) is 2.77. The molecule has 4 rings (SSSR count). The summed E-state index contributed by atoms with van der Waals surface area (Å²) >= 11 is 3.50. The quantitative estimate of drug-likeness (QED) is 0.522. The first-order chi connectivity index (χ1) is 15.0. The molecule has 2 aromatic carbocycles. The number of nitrogens with zero attached hydrogens (tertiary/aromatic N) is 1. The Balaban J connectivity index is 1.25. The number of nitrogens with one attached hydrogen (secondary N) is 2. The molecule has 1 saturated heterocycles. The summed E-state index contributed by atoms with van der Waals surface area (Å²) in [6.07, 6.45) is 1.62. The molecule has 1 aliphatic heterocycles. The molecule has 0 spiro atoms. The van der Waals surface area contributed by atoms with Gasteiger partial charge in [0.25, 0.3) is 5.91 Å². The molecule has 8 nitrogen and oxygen atoms in total. The van der Waals surface area contributed by atoms with Gasteiger partial charge in [-0.25, -0.2) is 0 Å². The van der Waals surface area contributed by atoms with Crippen LogP contribution in [0.1, 0.15) is 12.2 Å². The topological polar surface area (TPSA) is 101 Å². The Morgan fingerprint density at radius 1 is 1.13 bits per heavy atom. The van der Waals surface area contributed by atoms with Crippen molar-refractivity contribution in [3.8, 4) is 5.75 Å². The van der Waals surface area contributed by atoms with Gasteiger partial charge >= 0.3 is 0 Å². The molecule has 1 atom stereocenters. The highest BCUT2D eigenvalue weighted by Gasteiger charge is 2.34. The summed E-state index contributed by atoms with van der Waals surface area (Å²) < 4.78 is 11.6. The number of halogens is 1. The van der Waals surface area contributed by atoms with E-state index in [0.717, 1.165) is 15.2 Å². The Labute approximate surface area is 186 Å². The number of hydrazine groups is 1. The van der Waals surface area contributed by atoms with E-state index < -0.39 is 17.7 Å². The number of likely N-dealkylation sites (tertiary alicyclic amines) is 1. The zero-order chi connectivity index (χ0) is 21.8.